The van der Waals surface area contributed by atoms with E-state index in [4.69, 9.17) is 22.1 Å². The van der Waals surface area contributed by atoms with E-state index in [1.54, 1.807) is 12.3 Å². The predicted octanol–water partition coefficient (Wildman–Crippen LogP) is 4.67. The van der Waals surface area contributed by atoms with Crippen LogP contribution in [-0.4, -0.2) is 21.6 Å². The quantitative estimate of drug-likeness (QED) is 0.519. The first-order chi connectivity index (χ1) is 15.1. The number of fused-ring (bicyclic) bond motifs is 1. The molecule has 0 spiro atoms. The molecule has 10 heteroatoms. The van der Waals surface area contributed by atoms with Gasteiger partial charge in [0.25, 0.3) is 0 Å². The molecule has 32 heavy (non-hydrogen) atoms. The number of nitrogens with zero attached hydrogens (tertiary/aromatic N) is 2. The van der Waals surface area contributed by atoms with E-state index in [1.165, 1.54) is 25.3 Å². The molecule has 2 aromatic heterocycles. The summed E-state index contributed by atoms with van der Waals surface area (Å²) in [6.07, 6.45) is -3.10. The normalized spacial score (nSPS) is 17.0. The van der Waals surface area contributed by atoms with Crippen molar-refractivity contribution in [2.24, 2.45) is 0 Å². The average molecular weight is 465 g/mol. The highest BCUT2D eigenvalue weighted by Gasteiger charge is 2.35. The highest BCUT2D eigenvalue weighted by Crippen LogP contribution is 2.38. The number of benzene rings is 1. The van der Waals surface area contributed by atoms with Gasteiger partial charge < -0.3 is 20.9 Å². The number of aromatic nitrogens is 2. The topological polar surface area (TPSA) is 93.3 Å². The van der Waals surface area contributed by atoms with E-state index in [1.807, 2.05) is 6.07 Å². The average Bonchev–Trinajstić information content (AvgIpc) is 2.74. The van der Waals surface area contributed by atoms with Gasteiger partial charge in [0, 0.05) is 47.2 Å². The molecule has 0 radical (unpaired) electrons. The van der Waals surface area contributed by atoms with Crippen molar-refractivity contribution >= 4 is 17.4 Å². The lowest BCUT2D eigenvalue weighted by molar-refractivity contribution is -0.138. The fraction of sp³-hybridized carbons (Fsp3) is 0.273. The molecule has 3 heterocycles. The predicted molar refractivity (Wildman–Crippen MR) is 114 cm³/mol. The summed E-state index contributed by atoms with van der Waals surface area (Å²) < 4.78 is 46.1. The Balaban J connectivity index is 1.66. The summed E-state index contributed by atoms with van der Waals surface area (Å²) in [4.78, 5) is 8.49. The highest BCUT2D eigenvalue weighted by atomic mass is 35.5. The van der Waals surface area contributed by atoms with Crippen molar-refractivity contribution in [3.05, 3.63) is 70.1 Å². The molecular weight excluding hydrogens is 445 g/mol. The van der Waals surface area contributed by atoms with E-state index >= 15 is 0 Å². The van der Waals surface area contributed by atoms with Crippen LogP contribution in [0.4, 0.5) is 19.0 Å². The number of ether oxygens (including phenoxy) is 1. The third kappa shape index (κ3) is 4.50. The summed E-state index contributed by atoms with van der Waals surface area (Å²) in [5, 5.41) is 13.3. The number of nitrogens with two attached hydrogens (primary N) is 1. The molecule has 1 aliphatic rings. The van der Waals surface area contributed by atoms with Crippen LogP contribution >= 0.6 is 11.6 Å². The molecular formula is C22H20ClF3N4O2. The van der Waals surface area contributed by atoms with Crippen LogP contribution in [0.3, 0.4) is 0 Å². The largest absolute Gasteiger partial charge is 0.482 e. The van der Waals surface area contributed by atoms with Gasteiger partial charge in [-0.1, -0.05) is 11.6 Å². The molecule has 0 fully saturated rings. The number of nitrogens with one attached hydrogen (secondary N) is 1. The highest BCUT2D eigenvalue weighted by molar-refractivity contribution is 6.30. The van der Waals surface area contributed by atoms with Crippen LogP contribution in [0.1, 0.15) is 41.5 Å². The number of β-amino-alcohol motifs (C(OH)–C–C–N with tert-alkyl or cyclic N) is 1. The SMILES string of the molecule is CC(Oc1cc(-c2cnc3c(c2)CNCC3O)cnc1N)c1cc(Cl)ccc1C(F)(F)F. The van der Waals surface area contributed by atoms with Gasteiger partial charge in [0.15, 0.2) is 11.6 Å². The fourth-order valence-corrected chi connectivity index (χ4v) is 3.83. The van der Waals surface area contributed by atoms with Crippen LogP contribution in [0.15, 0.2) is 42.7 Å². The van der Waals surface area contributed by atoms with Crippen LogP contribution in [-0.2, 0) is 12.7 Å². The molecule has 0 aliphatic carbocycles. The zero-order chi connectivity index (χ0) is 23.0. The number of pyridine rings is 2. The third-order valence-corrected chi connectivity index (χ3v) is 5.48. The molecule has 1 aromatic carbocycles. The minimum Gasteiger partial charge on any atom is -0.482 e. The van der Waals surface area contributed by atoms with Crippen molar-refractivity contribution < 1.29 is 23.0 Å². The Kier molecular flexibility index (Phi) is 5.98. The minimum atomic E-state index is -4.56. The number of aliphatic hydroxyl groups is 1. The van der Waals surface area contributed by atoms with Gasteiger partial charge in [-0.05, 0) is 42.8 Å². The monoisotopic (exact) mass is 464 g/mol. The summed E-state index contributed by atoms with van der Waals surface area (Å²) in [7, 11) is 0. The molecule has 4 N–H and O–H groups in total. The molecule has 6 nitrogen and oxygen atoms in total. The van der Waals surface area contributed by atoms with Crippen molar-refractivity contribution in [1.82, 2.24) is 15.3 Å². The summed E-state index contributed by atoms with van der Waals surface area (Å²) in [6, 6.07) is 6.82. The molecule has 2 atom stereocenters. The molecule has 0 bridgehead atoms. The molecule has 3 aromatic rings. The number of aliphatic hydroxyl groups excluding tert-OH is 1. The smallest absolute Gasteiger partial charge is 0.416 e. The number of hydrogen-bond donors (Lipinski definition) is 3. The number of halogens is 4. The molecule has 0 saturated carbocycles. The summed E-state index contributed by atoms with van der Waals surface area (Å²) in [5.41, 5.74) is 7.79. The summed E-state index contributed by atoms with van der Waals surface area (Å²) in [5.74, 6) is 0.179. The van der Waals surface area contributed by atoms with Crippen LogP contribution in [0, 0.1) is 0 Å². The Morgan fingerprint density at radius 1 is 1.19 bits per heavy atom. The molecule has 1 aliphatic heterocycles. The van der Waals surface area contributed by atoms with Crippen molar-refractivity contribution in [1.29, 1.82) is 0 Å². The van der Waals surface area contributed by atoms with Gasteiger partial charge >= 0.3 is 6.18 Å². The maximum atomic E-state index is 13.4. The van der Waals surface area contributed by atoms with Crippen LogP contribution < -0.4 is 15.8 Å². The second-order valence-electron chi connectivity index (χ2n) is 7.51. The zero-order valence-corrected chi connectivity index (χ0v) is 17.7. The van der Waals surface area contributed by atoms with Gasteiger partial charge in [-0.25, -0.2) is 4.98 Å². The molecule has 2 unspecified atom stereocenters. The molecule has 0 amide bonds. The zero-order valence-electron chi connectivity index (χ0n) is 16.9. The number of rotatable bonds is 4. The lowest BCUT2D eigenvalue weighted by atomic mass is 10.0. The number of hydrogen-bond acceptors (Lipinski definition) is 6. The molecule has 168 valence electrons. The van der Waals surface area contributed by atoms with Crippen molar-refractivity contribution in [3.8, 4) is 16.9 Å². The Hall–Kier alpha value is -2.88. The summed E-state index contributed by atoms with van der Waals surface area (Å²) in [6.45, 7) is 2.48. The lowest BCUT2D eigenvalue weighted by Crippen LogP contribution is -2.28. The van der Waals surface area contributed by atoms with Gasteiger partial charge in [-0.2, -0.15) is 13.2 Å². The Morgan fingerprint density at radius 3 is 2.66 bits per heavy atom. The third-order valence-electron chi connectivity index (χ3n) is 5.25. The minimum absolute atomic E-state index is 0.0409. The molecule has 4 rings (SSSR count). The maximum Gasteiger partial charge on any atom is 0.416 e. The van der Waals surface area contributed by atoms with Crippen LogP contribution in [0.2, 0.25) is 5.02 Å². The van der Waals surface area contributed by atoms with Crippen molar-refractivity contribution in [2.75, 3.05) is 12.3 Å². The first-order valence-corrected chi connectivity index (χ1v) is 10.2. The lowest BCUT2D eigenvalue weighted by Gasteiger charge is -2.22. The van der Waals surface area contributed by atoms with Crippen molar-refractivity contribution in [2.45, 2.75) is 31.9 Å². The molecule has 0 saturated heterocycles. The van der Waals surface area contributed by atoms with E-state index in [9.17, 15) is 18.3 Å². The first kappa shape index (κ1) is 22.3. The number of alkyl halides is 3. The number of anilines is 1. The van der Waals surface area contributed by atoms with E-state index in [-0.39, 0.29) is 22.2 Å². The standard InChI is InChI=1S/C22H20ClF3N4O2/c1-11(16-6-15(23)2-3-17(16)22(24,25)26)32-19-5-13(9-30-21(19)27)12-4-14-7-28-10-18(31)20(14)29-8-12/h2-6,8-9,11,18,28,31H,7,10H2,1H3,(H2,27,30). The van der Waals surface area contributed by atoms with Gasteiger partial charge in [0.1, 0.15) is 12.2 Å². The fourth-order valence-electron chi connectivity index (χ4n) is 3.65. The van der Waals surface area contributed by atoms with Gasteiger partial charge in [-0.15, -0.1) is 0 Å². The Morgan fingerprint density at radius 2 is 1.91 bits per heavy atom. The Labute approximate surface area is 187 Å². The van der Waals surface area contributed by atoms with Gasteiger partial charge in [0.2, 0.25) is 0 Å². The van der Waals surface area contributed by atoms with E-state index < -0.39 is 23.9 Å². The van der Waals surface area contributed by atoms with Gasteiger partial charge in [0.05, 0.1) is 11.3 Å². The first-order valence-electron chi connectivity index (χ1n) is 9.80. The Bertz CT molecular complexity index is 1160. The summed E-state index contributed by atoms with van der Waals surface area (Å²) >= 11 is 5.93. The maximum absolute atomic E-state index is 13.4. The van der Waals surface area contributed by atoms with Gasteiger partial charge in [-0.3, -0.25) is 4.98 Å². The second kappa shape index (κ2) is 8.57. The van der Waals surface area contributed by atoms with Crippen molar-refractivity contribution in [3.63, 3.8) is 0 Å². The second-order valence-corrected chi connectivity index (χ2v) is 7.95. The van der Waals surface area contributed by atoms with Crippen LogP contribution in [0.5, 0.6) is 5.75 Å². The van der Waals surface area contributed by atoms with E-state index in [2.05, 4.69) is 15.3 Å². The van der Waals surface area contributed by atoms with Crippen LogP contribution in [0.25, 0.3) is 11.1 Å². The van der Waals surface area contributed by atoms with E-state index in [0.717, 1.165) is 11.6 Å². The number of nitrogen functional groups attached to an aromatic ring is 1. The van der Waals surface area contributed by atoms with E-state index in [0.29, 0.717) is 29.9 Å².